The molecule has 0 saturated carbocycles. The number of esters is 2. The number of methoxy groups -OCH3 is 1. The maximum absolute atomic E-state index is 11.7. The molecule has 0 aliphatic heterocycles. The molecule has 33 heavy (non-hydrogen) atoms. The maximum atomic E-state index is 11.7. The van der Waals surface area contributed by atoms with E-state index >= 15 is 0 Å². The standard InChI is InChI=1S/C23H36O9S/c1-4-29-23(25)13-6-9-17-31-21-12-10-11-20(19(21)14-15-22(24)28-2)30-16-7-5-8-18-32-33(3,26)27/h10-12H,4-9,13-18H2,1-3H3. The number of unbranched alkanes of at least 4 members (excludes halogenated alkanes) is 3. The van der Waals surface area contributed by atoms with Crippen LogP contribution in [0.3, 0.4) is 0 Å². The molecule has 0 fully saturated rings. The number of rotatable bonds is 18. The highest BCUT2D eigenvalue weighted by molar-refractivity contribution is 7.85. The molecule has 0 aliphatic rings. The van der Waals surface area contributed by atoms with E-state index in [-0.39, 0.29) is 25.0 Å². The zero-order chi connectivity index (χ0) is 24.5. The molecule has 1 aromatic rings. The predicted octanol–water partition coefficient (Wildman–Crippen LogP) is 3.43. The summed E-state index contributed by atoms with van der Waals surface area (Å²) in [4.78, 5) is 23.1. The van der Waals surface area contributed by atoms with Gasteiger partial charge in [-0.15, -0.1) is 0 Å². The number of carbonyl (C=O) groups is 2. The van der Waals surface area contributed by atoms with E-state index < -0.39 is 10.1 Å². The molecule has 0 radical (unpaired) electrons. The van der Waals surface area contributed by atoms with Crippen molar-refractivity contribution in [2.45, 2.75) is 58.3 Å². The minimum Gasteiger partial charge on any atom is -0.493 e. The molecule has 9 nitrogen and oxygen atoms in total. The van der Waals surface area contributed by atoms with Crippen molar-refractivity contribution in [1.82, 2.24) is 0 Å². The third-order valence-corrected chi connectivity index (χ3v) is 5.17. The Morgan fingerprint density at radius 2 is 1.45 bits per heavy atom. The molecule has 10 heteroatoms. The van der Waals surface area contributed by atoms with Gasteiger partial charge in [-0.2, -0.15) is 8.42 Å². The Morgan fingerprint density at radius 1 is 0.848 bits per heavy atom. The van der Waals surface area contributed by atoms with Crippen molar-refractivity contribution in [1.29, 1.82) is 0 Å². The highest BCUT2D eigenvalue weighted by atomic mass is 32.2. The molecule has 0 N–H and O–H groups in total. The quantitative estimate of drug-likeness (QED) is 0.174. The van der Waals surface area contributed by atoms with E-state index in [9.17, 15) is 18.0 Å². The fraction of sp³-hybridized carbons (Fsp3) is 0.652. The fourth-order valence-corrected chi connectivity index (χ4v) is 3.37. The topological polar surface area (TPSA) is 114 Å². The molecule has 0 saturated heterocycles. The summed E-state index contributed by atoms with van der Waals surface area (Å²) < 4.78 is 48.1. The van der Waals surface area contributed by atoms with Crippen LogP contribution in [0.4, 0.5) is 0 Å². The van der Waals surface area contributed by atoms with Gasteiger partial charge in [0.2, 0.25) is 0 Å². The van der Waals surface area contributed by atoms with Crippen LogP contribution in [0.25, 0.3) is 0 Å². The van der Waals surface area contributed by atoms with Crippen molar-refractivity contribution in [3.63, 3.8) is 0 Å². The van der Waals surface area contributed by atoms with E-state index in [4.69, 9.17) is 23.1 Å². The first-order chi connectivity index (χ1) is 15.8. The largest absolute Gasteiger partial charge is 0.493 e. The average molecular weight is 489 g/mol. The van der Waals surface area contributed by atoms with Gasteiger partial charge in [0.05, 0.1) is 39.8 Å². The highest BCUT2D eigenvalue weighted by Gasteiger charge is 2.14. The van der Waals surface area contributed by atoms with Crippen LogP contribution in [0, 0.1) is 0 Å². The lowest BCUT2D eigenvalue weighted by molar-refractivity contribution is -0.143. The molecule has 0 spiro atoms. The van der Waals surface area contributed by atoms with E-state index in [0.717, 1.165) is 24.7 Å². The fourth-order valence-electron chi connectivity index (χ4n) is 2.95. The minimum absolute atomic E-state index is 0.155. The van der Waals surface area contributed by atoms with E-state index in [1.54, 1.807) is 6.92 Å². The summed E-state index contributed by atoms with van der Waals surface area (Å²) in [7, 11) is -2.06. The molecule has 0 aliphatic carbocycles. The number of ether oxygens (including phenoxy) is 4. The lowest BCUT2D eigenvalue weighted by Gasteiger charge is -2.16. The van der Waals surface area contributed by atoms with Gasteiger partial charge >= 0.3 is 11.9 Å². The maximum Gasteiger partial charge on any atom is 0.305 e. The summed E-state index contributed by atoms with van der Waals surface area (Å²) in [6.07, 6.45) is 5.42. The van der Waals surface area contributed by atoms with Gasteiger partial charge in [0.25, 0.3) is 10.1 Å². The summed E-state index contributed by atoms with van der Waals surface area (Å²) in [5.41, 5.74) is 0.786. The van der Waals surface area contributed by atoms with Crippen LogP contribution in [0.1, 0.15) is 57.4 Å². The van der Waals surface area contributed by atoms with Gasteiger partial charge in [-0.25, -0.2) is 0 Å². The third kappa shape index (κ3) is 13.7. The van der Waals surface area contributed by atoms with Crippen LogP contribution < -0.4 is 9.47 Å². The molecule has 0 bridgehead atoms. The first kappa shape index (κ1) is 28.7. The van der Waals surface area contributed by atoms with E-state index in [1.165, 1.54) is 7.11 Å². The van der Waals surface area contributed by atoms with Crippen LogP contribution in [-0.2, 0) is 39.8 Å². The lowest BCUT2D eigenvalue weighted by atomic mass is 10.1. The van der Waals surface area contributed by atoms with Crippen LogP contribution >= 0.6 is 0 Å². The zero-order valence-corrected chi connectivity index (χ0v) is 20.6. The number of hydrogen-bond donors (Lipinski definition) is 0. The molecule has 1 aromatic carbocycles. The SMILES string of the molecule is CCOC(=O)CCCCOc1cccc(OCCCCCOS(C)(=O)=O)c1CCC(=O)OC. The zero-order valence-electron chi connectivity index (χ0n) is 19.8. The molecule has 0 unspecified atom stereocenters. The van der Waals surface area contributed by atoms with Crippen LogP contribution in [0.2, 0.25) is 0 Å². The molecule has 0 atom stereocenters. The molecule has 0 aromatic heterocycles. The second-order valence-electron chi connectivity index (χ2n) is 7.35. The van der Waals surface area contributed by atoms with Gasteiger partial charge in [-0.05, 0) is 57.6 Å². The van der Waals surface area contributed by atoms with Crippen molar-refractivity contribution in [3.05, 3.63) is 23.8 Å². The Balaban J connectivity index is 2.59. The Bertz CT molecular complexity index is 821. The Labute approximate surface area is 196 Å². The second kappa shape index (κ2) is 16.3. The van der Waals surface area contributed by atoms with E-state index in [0.29, 0.717) is 63.4 Å². The van der Waals surface area contributed by atoms with Crippen molar-refractivity contribution in [2.75, 3.05) is 39.8 Å². The first-order valence-corrected chi connectivity index (χ1v) is 13.0. The first-order valence-electron chi connectivity index (χ1n) is 11.2. The average Bonchev–Trinajstić information content (AvgIpc) is 2.76. The Hall–Kier alpha value is -2.33. The molecular formula is C23H36O9S. The van der Waals surface area contributed by atoms with Crippen molar-refractivity contribution in [2.24, 2.45) is 0 Å². The van der Waals surface area contributed by atoms with Gasteiger partial charge < -0.3 is 18.9 Å². The summed E-state index contributed by atoms with van der Waals surface area (Å²) in [5, 5.41) is 0. The molecular weight excluding hydrogens is 452 g/mol. The summed E-state index contributed by atoms with van der Waals surface area (Å²) in [5.74, 6) is 0.731. The van der Waals surface area contributed by atoms with E-state index in [2.05, 4.69) is 0 Å². The van der Waals surface area contributed by atoms with Crippen LogP contribution in [0.15, 0.2) is 18.2 Å². The summed E-state index contributed by atoms with van der Waals surface area (Å²) in [6.45, 7) is 3.17. The molecule has 0 heterocycles. The number of benzene rings is 1. The molecule has 1 rings (SSSR count). The van der Waals surface area contributed by atoms with Gasteiger partial charge in [0.15, 0.2) is 0 Å². The number of hydrogen-bond acceptors (Lipinski definition) is 9. The highest BCUT2D eigenvalue weighted by Crippen LogP contribution is 2.30. The van der Waals surface area contributed by atoms with Crippen molar-refractivity contribution >= 4 is 22.1 Å². The molecule has 188 valence electrons. The van der Waals surface area contributed by atoms with E-state index in [1.807, 2.05) is 18.2 Å². The summed E-state index contributed by atoms with van der Waals surface area (Å²) in [6, 6.07) is 5.48. The smallest absolute Gasteiger partial charge is 0.305 e. The van der Waals surface area contributed by atoms with Gasteiger partial charge in [-0.3, -0.25) is 13.8 Å². The normalized spacial score (nSPS) is 11.1. The summed E-state index contributed by atoms with van der Waals surface area (Å²) >= 11 is 0. The van der Waals surface area contributed by atoms with Gasteiger partial charge in [-0.1, -0.05) is 6.07 Å². The van der Waals surface area contributed by atoms with Crippen LogP contribution in [-0.4, -0.2) is 60.1 Å². The van der Waals surface area contributed by atoms with Crippen molar-refractivity contribution in [3.8, 4) is 11.5 Å². The monoisotopic (exact) mass is 488 g/mol. The Kier molecular flexibility index (Phi) is 14.2. The van der Waals surface area contributed by atoms with Gasteiger partial charge in [0, 0.05) is 18.4 Å². The Morgan fingerprint density at radius 3 is 2.03 bits per heavy atom. The van der Waals surface area contributed by atoms with Crippen LogP contribution in [0.5, 0.6) is 11.5 Å². The van der Waals surface area contributed by atoms with Crippen molar-refractivity contribution < 1.29 is 41.1 Å². The van der Waals surface area contributed by atoms with Gasteiger partial charge in [0.1, 0.15) is 11.5 Å². The molecule has 0 amide bonds. The minimum atomic E-state index is -3.41. The lowest BCUT2D eigenvalue weighted by Crippen LogP contribution is -2.08. The third-order valence-electron chi connectivity index (χ3n) is 4.58. The number of carbonyl (C=O) groups excluding carboxylic acids is 2. The second-order valence-corrected chi connectivity index (χ2v) is 9.00. The predicted molar refractivity (Wildman–Crippen MR) is 123 cm³/mol.